The first kappa shape index (κ1) is 26.4. The molecule has 0 aliphatic heterocycles. The minimum atomic E-state index is -1.00. The topological polar surface area (TPSA) is 160 Å². The number of aryl methyl sites for hydroxylation is 1. The lowest BCUT2D eigenvalue weighted by Crippen LogP contribution is -2.46. The molecule has 0 aliphatic carbocycles. The summed E-state index contributed by atoms with van der Waals surface area (Å²) in [6.45, 7) is 7.12. The molecule has 6 N–H and O–H groups in total. The number of carbonyl (C=O) groups is 3. The summed E-state index contributed by atoms with van der Waals surface area (Å²) in [5.41, 5.74) is 19.5. The van der Waals surface area contributed by atoms with Crippen molar-refractivity contribution in [2.24, 2.45) is 11.5 Å². The van der Waals surface area contributed by atoms with Crippen LogP contribution in [0.3, 0.4) is 0 Å². The van der Waals surface area contributed by atoms with Gasteiger partial charge in [0.2, 0.25) is 0 Å². The number of hydrogen-bond donors (Lipinski definition) is 3. The van der Waals surface area contributed by atoms with Crippen LogP contribution in [0.4, 0.5) is 5.82 Å². The van der Waals surface area contributed by atoms with Gasteiger partial charge in [-0.15, -0.1) is 5.10 Å². The number of rotatable bonds is 8. The molecule has 36 heavy (non-hydrogen) atoms. The van der Waals surface area contributed by atoms with Gasteiger partial charge in [-0.2, -0.15) is 4.79 Å². The van der Waals surface area contributed by atoms with E-state index in [1.165, 1.54) is 5.01 Å². The van der Waals surface area contributed by atoms with Crippen molar-refractivity contribution in [2.75, 3.05) is 17.3 Å². The second-order valence-corrected chi connectivity index (χ2v) is 9.45. The molecule has 2 aromatic carbocycles. The Morgan fingerprint density at radius 2 is 1.67 bits per heavy atom. The Kier molecular flexibility index (Phi) is 7.79. The Morgan fingerprint density at radius 3 is 2.22 bits per heavy atom. The average Bonchev–Trinajstić information content (AvgIpc) is 3.16. The molecule has 0 saturated carbocycles. The molecule has 190 valence electrons. The number of nitrogens with zero attached hydrogens (tertiary/aromatic N) is 3. The minimum absolute atomic E-state index is 0.0128. The summed E-state index contributed by atoms with van der Waals surface area (Å²) >= 11 is 0. The lowest BCUT2D eigenvalue weighted by atomic mass is 10.1. The van der Waals surface area contributed by atoms with Gasteiger partial charge in [0.15, 0.2) is 5.82 Å². The van der Waals surface area contributed by atoms with Crippen molar-refractivity contribution >= 4 is 23.6 Å². The number of anilines is 1. The van der Waals surface area contributed by atoms with E-state index in [2.05, 4.69) is 5.10 Å². The Bertz CT molecular complexity index is 1250. The first-order valence-electron chi connectivity index (χ1n) is 11.5. The quantitative estimate of drug-likeness (QED) is 0.407. The fourth-order valence-corrected chi connectivity index (χ4v) is 3.53. The fraction of sp³-hybridized carbons (Fsp3) is 0.308. The highest BCUT2D eigenvalue weighted by atomic mass is 16.6. The van der Waals surface area contributed by atoms with Crippen molar-refractivity contribution in [3.05, 3.63) is 71.3 Å². The van der Waals surface area contributed by atoms with Crippen LogP contribution in [0.1, 0.15) is 53.5 Å². The van der Waals surface area contributed by atoms with Crippen molar-refractivity contribution in [1.82, 2.24) is 9.89 Å². The predicted molar refractivity (Wildman–Crippen MR) is 138 cm³/mol. The molecular formula is C26H32N6O4. The first-order chi connectivity index (χ1) is 16.9. The molecule has 1 unspecified atom stereocenters. The number of ether oxygens (including phenoxy) is 1. The number of carbonyl (C=O) groups excluding carboxylic acids is 3. The van der Waals surface area contributed by atoms with Gasteiger partial charge >= 0.3 is 5.97 Å². The van der Waals surface area contributed by atoms with Crippen LogP contribution < -0.4 is 22.2 Å². The van der Waals surface area contributed by atoms with Crippen LogP contribution in [0.2, 0.25) is 0 Å². The number of aromatic nitrogens is 2. The van der Waals surface area contributed by atoms with Crippen LogP contribution in [0.5, 0.6) is 0 Å². The summed E-state index contributed by atoms with van der Waals surface area (Å²) in [7, 11) is 0. The normalized spacial score (nSPS) is 12.1. The summed E-state index contributed by atoms with van der Waals surface area (Å²) in [5, 5.41) is 5.73. The van der Waals surface area contributed by atoms with E-state index in [1.54, 1.807) is 63.2 Å². The van der Waals surface area contributed by atoms with Gasteiger partial charge in [-0.1, -0.05) is 48.0 Å². The van der Waals surface area contributed by atoms with E-state index < -0.39 is 29.4 Å². The molecule has 0 bridgehead atoms. The van der Waals surface area contributed by atoms with Crippen molar-refractivity contribution in [2.45, 2.75) is 45.8 Å². The largest absolute Gasteiger partial charge is 0.459 e. The SMILES string of the molecule is Cc1ccc(-c2nn(N(CCC(N)C(=O)OC(C)(C)C)C(=O)c3ccccc3)c(N)c2C(N)=O)cc1. The van der Waals surface area contributed by atoms with E-state index in [0.29, 0.717) is 11.1 Å². The summed E-state index contributed by atoms with van der Waals surface area (Å²) in [6, 6.07) is 14.8. The Balaban J connectivity index is 2.03. The van der Waals surface area contributed by atoms with E-state index in [0.717, 1.165) is 10.4 Å². The lowest BCUT2D eigenvalue weighted by Gasteiger charge is -2.26. The standard InChI is InChI=1S/C26H32N6O4/c1-16-10-12-17(13-11-16)21-20(23(29)33)22(28)32(30-21)31(24(34)18-8-6-5-7-9-18)15-14-19(27)25(35)36-26(2,3)4/h5-13,19H,14-15,27-28H2,1-4H3,(H2,29,33). The van der Waals surface area contributed by atoms with E-state index in [9.17, 15) is 14.4 Å². The molecule has 10 nitrogen and oxygen atoms in total. The van der Waals surface area contributed by atoms with Crippen LogP contribution in [-0.4, -0.2) is 45.9 Å². The molecule has 0 saturated heterocycles. The molecule has 1 aromatic heterocycles. The molecule has 10 heteroatoms. The predicted octanol–water partition coefficient (Wildman–Crippen LogP) is 2.38. The molecule has 3 rings (SSSR count). The molecule has 0 spiro atoms. The maximum absolute atomic E-state index is 13.5. The highest BCUT2D eigenvalue weighted by molar-refractivity contribution is 6.05. The van der Waals surface area contributed by atoms with Gasteiger partial charge in [0.05, 0.1) is 0 Å². The van der Waals surface area contributed by atoms with Gasteiger partial charge in [-0.05, 0) is 46.2 Å². The molecule has 0 radical (unpaired) electrons. The maximum atomic E-state index is 13.5. The zero-order valence-corrected chi connectivity index (χ0v) is 20.9. The Hall–Kier alpha value is -4.18. The molecule has 2 amide bonds. The molecule has 1 heterocycles. The molecule has 0 fully saturated rings. The molecule has 3 aromatic rings. The van der Waals surface area contributed by atoms with Gasteiger partial charge in [0.1, 0.15) is 22.9 Å². The van der Waals surface area contributed by atoms with Crippen molar-refractivity contribution in [1.29, 1.82) is 0 Å². The van der Waals surface area contributed by atoms with Crippen molar-refractivity contribution in [3.63, 3.8) is 0 Å². The highest BCUT2D eigenvalue weighted by Gasteiger charge is 2.29. The van der Waals surface area contributed by atoms with Crippen LogP contribution in [-0.2, 0) is 9.53 Å². The zero-order valence-electron chi connectivity index (χ0n) is 20.9. The Morgan fingerprint density at radius 1 is 1.06 bits per heavy atom. The second-order valence-electron chi connectivity index (χ2n) is 9.45. The number of esters is 1. The number of amides is 2. The lowest BCUT2D eigenvalue weighted by molar-refractivity contribution is -0.156. The summed E-state index contributed by atoms with van der Waals surface area (Å²) in [5.74, 6) is -1.94. The first-order valence-corrected chi connectivity index (χ1v) is 11.5. The van der Waals surface area contributed by atoms with Gasteiger partial charge < -0.3 is 21.9 Å². The third-order valence-electron chi connectivity index (χ3n) is 5.32. The van der Waals surface area contributed by atoms with Gasteiger partial charge in [-0.25, -0.2) is 5.01 Å². The van der Waals surface area contributed by atoms with E-state index >= 15 is 0 Å². The number of hydrogen-bond acceptors (Lipinski definition) is 7. The van der Waals surface area contributed by atoms with Crippen LogP contribution in [0.15, 0.2) is 54.6 Å². The van der Waals surface area contributed by atoms with Gasteiger partial charge in [-0.3, -0.25) is 14.4 Å². The van der Waals surface area contributed by atoms with Crippen molar-refractivity contribution in [3.8, 4) is 11.3 Å². The van der Waals surface area contributed by atoms with E-state index in [4.69, 9.17) is 21.9 Å². The third-order valence-corrected chi connectivity index (χ3v) is 5.32. The van der Waals surface area contributed by atoms with Gasteiger partial charge in [0.25, 0.3) is 11.8 Å². The second kappa shape index (κ2) is 10.6. The van der Waals surface area contributed by atoms with Crippen LogP contribution >= 0.6 is 0 Å². The van der Waals surface area contributed by atoms with Crippen molar-refractivity contribution < 1.29 is 19.1 Å². The van der Waals surface area contributed by atoms with Crippen LogP contribution in [0.25, 0.3) is 11.3 Å². The van der Waals surface area contributed by atoms with Gasteiger partial charge in [0, 0.05) is 17.7 Å². The maximum Gasteiger partial charge on any atom is 0.323 e. The fourth-order valence-electron chi connectivity index (χ4n) is 3.53. The number of primary amides is 1. The summed E-state index contributed by atoms with van der Waals surface area (Å²) in [6.07, 6.45) is 0.0541. The number of nitrogens with two attached hydrogens (primary N) is 3. The monoisotopic (exact) mass is 492 g/mol. The molecule has 1 atom stereocenters. The van der Waals surface area contributed by atoms with E-state index in [-0.39, 0.29) is 30.0 Å². The molecular weight excluding hydrogens is 460 g/mol. The summed E-state index contributed by atoms with van der Waals surface area (Å²) < 4.78 is 5.35. The minimum Gasteiger partial charge on any atom is -0.459 e. The summed E-state index contributed by atoms with van der Waals surface area (Å²) in [4.78, 5) is 39.4. The highest BCUT2D eigenvalue weighted by Crippen LogP contribution is 2.28. The Labute approximate surface area is 210 Å². The smallest absolute Gasteiger partial charge is 0.323 e. The number of nitrogen functional groups attached to an aromatic ring is 1. The van der Waals surface area contributed by atoms with Crippen LogP contribution in [0, 0.1) is 6.92 Å². The van der Waals surface area contributed by atoms with E-state index in [1.807, 2.05) is 19.1 Å². The molecule has 0 aliphatic rings. The zero-order chi connectivity index (χ0) is 26.6. The number of benzene rings is 2. The average molecular weight is 493 g/mol. The third kappa shape index (κ3) is 6.08.